The summed E-state index contributed by atoms with van der Waals surface area (Å²) in [5.74, 6) is -0.240. The average Bonchev–Trinajstić information content (AvgIpc) is 2.90. The molecule has 8 heteroatoms. The van der Waals surface area contributed by atoms with Crippen LogP contribution in [0.2, 0.25) is 0 Å². The van der Waals surface area contributed by atoms with Gasteiger partial charge in [-0.1, -0.05) is 0 Å². The minimum atomic E-state index is -3.64. The Hall–Kier alpha value is -1.87. The van der Waals surface area contributed by atoms with Crippen LogP contribution in [0.3, 0.4) is 0 Å². The first-order valence-electron chi connectivity index (χ1n) is 7.86. The summed E-state index contributed by atoms with van der Waals surface area (Å²) in [4.78, 5) is 16.2. The van der Waals surface area contributed by atoms with E-state index in [2.05, 4.69) is 10.3 Å². The molecule has 1 aromatic carbocycles. The van der Waals surface area contributed by atoms with Crippen LogP contribution in [0.4, 0.5) is 0 Å². The Morgan fingerprint density at radius 3 is 2.83 bits per heavy atom. The van der Waals surface area contributed by atoms with Gasteiger partial charge in [0.05, 0.1) is 11.4 Å². The first kappa shape index (κ1) is 17.0. The highest BCUT2D eigenvalue weighted by atomic mass is 32.2. The van der Waals surface area contributed by atoms with Crippen LogP contribution in [0, 0.1) is 0 Å². The second-order valence-electron chi connectivity index (χ2n) is 5.67. The Balaban J connectivity index is 2.14. The Bertz CT molecular complexity index is 859. The van der Waals surface area contributed by atoms with Crippen LogP contribution in [-0.4, -0.2) is 56.2 Å². The van der Waals surface area contributed by atoms with Crippen LogP contribution >= 0.6 is 0 Å². The Kier molecular flexibility index (Phi) is 4.91. The van der Waals surface area contributed by atoms with Crippen molar-refractivity contribution in [1.29, 1.82) is 0 Å². The summed E-state index contributed by atoms with van der Waals surface area (Å²) in [6, 6.07) is 4.66. The second kappa shape index (κ2) is 6.94. The van der Waals surface area contributed by atoms with E-state index in [0.29, 0.717) is 36.0 Å². The van der Waals surface area contributed by atoms with Gasteiger partial charge in [-0.2, -0.15) is 4.31 Å². The minimum Gasteiger partial charge on any atom is -0.324 e. The van der Waals surface area contributed by atoms with Gasteiger partial charge in [0.25, 0.3) is 0 Å². The predicted octanol–water partition coefficient (Wildman–Crippen LogP) is 0.360. The molecule has 1 aliphatic heterocycles. The molecule has 7 nitrogen and oxygen atoms in total. The lowest BCUT2D eigenvalue weighted by atomic mass is 10.0. The van der Waals surface area contributed by atoms with Crippen molar-refractivity contribution < 1.29 is 13.2 Å². The van der Waals surface area contributed by atoms with E-state index < -0.39 is 10.0 Å². The molecular formula is C16H20N4O3S. The van der Waals surface area contributed by atoms with E-state index in [-0.39, 0.29) is 17.2 Å². The quantitative estimate of drug-likeness (QED) is 0.773. The zero-order valence-electron chi connectivity index (χ0n) is 13.2. The normalized spacial score (nSPS) is 16.9. The summed E-state index contributed by atoms with van der Waals surface area (Å²) in [6.07, 6.45) is 3.81. The van der Waals surface area contributed by atoms with Crippen molar-refractivity contribution >= 4 is 26.6 Å². The summed E-state index contributed by atoms with van der Waals surface area (Å²) in [5, 5.41) is 4.21. The smallest absolute Gasteiger partial charge is 0.243 e. The van der Waals surface area contributed by atoms with Crippen molar-refractivity contribution in [1.82, 2.24) is 14.6 Å². The third kappa shape index (κ3) is 3.05. The van der Waals surface area contributed by atoms with Gasteiger partial charge in [0.15, 0.2) is 5.78 Å². The monoisotopic (exact) mass is 348 g/mol. The molecule has 0 aliphatic carbocycles. The number of nitrogens with one attached hydrogen (secondary N) is 1. The van der Waals surface area contributed by atoms with Crippen LogP contribution in [0.1, 0.15) is 16.8 Å². The highest BCUT2D eigenvalue weighted by molar-refractivity contribution is 7.89. The molecule has 0 unspecified atom stereocenters. The summed E-state index contributed by atoms with van der Waals surface area (Å²) >= 11 is 0. The highest BCUT2D eigenvalue weighted by Crippen LogP contribution is 2.28. The number of hydrogen-bond donors (Lipinski definition) is 2. The molecule has 1 aliphatic rings. The number of pyridine rings is 1. The Morgan fingerprint density at radius 2 is 2.04 bits per heavy atom. The number of nitrogens with two attached hydrogens (primary N) is 1. The van der Waals surface area contributed by atoms with Crippen molar-refractivity contribution in [2.24, 2.45) is 5.73 Å². The number of aromatic nitrogens is 1. The number of hydrogen-bond acceptors (Lipinski definition) is 6. The molecule has 0 amide bonds. The fraction of sp³-hybridized carbons (Fsp3) is 0.375. The van der Waals surface area contributed by atoms with Gasteiger partial charge in [-0.3, -0.25) is 9.78 Å². The lowest BCUT2D eigenvalue weighted by Crippen LogP contribution is -2.34. The van der Waals surface area contributed by atoms with Gasteiger partial charge < -0.3 is 11.1 Å². The minimum absolute atomic E-state index is 0.131. The Morgan fingerprint density at radius 1 is 1.21 bits per heavy atom. The number of nitrogens with zero attached hydrogens (tertiary/aromatic N) is 2. The summed E-state index contributed by atoms with van der Waals surface area (Å²) < 4.78 is 27.6. The third-order valence-electron chi connectivity index (χ3n) is 4.18. The van der Waals surface area contributed by atoms with E-state index in [9.17, 15) is 13.2 Å². The first-order chi connectivity index (χ1) is 11.6. The van der Waals surface area contributed by atoms with Crippen molar-refractivity contribution in [2.75, 3.05) is 32.7 Å². The molecule has 0 spiro atoms. The van der Waals surface area contributed by atoms with E-state index in [1.165, 1.54) is 28.8 Å². The van der Waals surface area contributed by atoms with Crippen LogP contribution in [0.5, 0.6) is 0 Å². The molecule has 2 heterocycles. The average molecular weight is 348 g/mol. The number of ketones is 1. The number of carbonyl (C=O) groups excluding carboxylic acids is 1. The van der Waals surface area contributed by atoms with Crippen LogP contribution in [0.15, 0.2) is 35.5 Å². The van der Waals surface area contributed by atoms with Gasteiger partial charge in [-0.15, -0.1) is 0 Å². The fourth-order valence-electron chi connectivity index (χ4n) is 2.94. The molecule has 0 radical (unpaired) electrons. The number of Topliss-reactive ketones (excluding diaryl/α,β-unsaturated/α-hetero) is 1. The molecular weight excluding hydrogens is 328 g/mol. The molecule has 0 bridgehead atoms. The third-order valence-corrected chi connectivity index (χ3v) is 6.14. The molecule has 3 rings (SSSR count). The largest absolute Gasteiger partial charge is 0.324 e. The number of benzene rings is 1. The molecule has 1 saturated heterocycles. The molecule has 1 aromatic heterocycles. The van der Waals surface area contributed by atoms with E-state index in [1.807, 2.05) is 0 Å². The number of sulfonamides is 1. The number of carbonyl (C=O) groups is 1. The lowest BCUT2D eigenvalue weighted by Gasteiger charge is -2.21. The van der Waals surface area contributed by atoms with Gasteiger partial charge in [0.1, 0.15) is 0 Å². The van der Waals surface area contributed by atoms with Crippen LogP contribution < -0.4 is 11.1 Å². The van der Waals surface area contributed by atoms with E-state index in [4.69, 9.17) is 5.73 Å². The van der Waals surface area contributed by atoms with Crippen LogP contribution in [0.25, 0.3) is 10.8 Å². The maximum atomic E-state index is 13.1. The fourth-order valence-corrected chi connectivity index (χ4v) is 4.62. The van der Waals surface area contributed by atoms with E-state index in [0.717, 1.165) is 13.0 Å². The zero-order valence-corrected chi connectivity index (χ0v) is 14.1. The second-order valence-corrected chi connectivity index (χ2v) is 7.57. The highest BCUT2D eigenvalue weighted by Gasteiger charge is 2.27. The SMILES string of the molecule is NCC(=O)c1ccc(S(=O)(=O)N2CCCNCC2)c2ccncc12. The number of rotatable bonds is 4. The standard InChI is InChI=1S/C16H20N4O3S/c17-10-15(21)12-2-3-16(13-4-6-19-11-14(12)13)24(22,23)20-8-1-5-18-7-9-20/h2-4,6,11,18H,1,5,7-10,17H2. The maximum Gasteiger partial charge on any atom is 0.243 e. The molecule has 0 saturated carbocycles. The molecule has 128 valence electrons. The molecule has 0 atom stereocenters. The summed E-state index contributed by atoms with van der Waals surface area (Å²) in [7, 11) is -3.64. The van der Waals surface area contributed by atoms with Gasteiger partial charge in [0.2, 0.25) is 10.0 Å². The summed E-state index contributed by atoms with van der Waals surface area (Å²) in [5.41, 5.74) is 5.85. The maximum absolute atomic E-state index is 13.1. The lowest BCUT2D eigenvalue weighted by molar-refractivity contribution is 0.100. The van der Waals surface area contributed by atoms with Crippen molar-refractivity contribution in [3.8, 4) is 0 Å². The van der Waals surface area contributed by atoms with Crippen molar-refractivity contribution in [2.45, 2.75) is 11.3 Å². The van der Waals surface area contributed by atoms with E-state index >= 15 is 0 Å². The first-order valence-corrected chi connectivity index (χ1v) is 9.30. The van der Waals surface area contributed by atoms with Crippen molar-refractivity contribution in [3.63, 3.8) is 0 Å². The van der Waals surface area contributed by atoms with Gasteiger partial charge >= 0.3 is 0 Å². The number of fused-ring (bicyclic) bond motifs is 1. The predicted molar refractivity (Wildman–Crippen MR) is 91.4 cm³/mol. The summed E-state index contributed by atoms with van der Waals surface area (Å²) in [6.45, 7) is 2.21. The Labute approximate surface area is 140 Å². The zero-order chi connectivity index (χ0) is 17.2. The molecule has 3 N–H and O–H groups in total. The molecule has 1 fully saturated rings. The van der Waals surface area contributed by atoms with Gasteiger partial charge in [-0.05, 0) is 31.2 Å². The molecule has 24 heavy (non-hydrogen) atoms. The van der Waals surface area contributed by atoms with Crippen molar-refractivity contribution in [3.05, 3.63) is 36.2 Å². The van der Waals surface area contributed by atoms with Crippen LogP contribution in [-0.2, 0) is 10.0 Å². The molecule has 2 aromatic rings. The van der Waals surface area contributed by atoms with Gasteiger partial charge in [0, 0.05) is 48.4 Å². The topological polar surface area (TPSA) is 105 Å². The van der Waals surface area contributed by atoms with E-state index in [1.54, 1.807) is 6.07 Å². The van der Waals surface area contributed by atoms with Gasteiger partial charge in [-0.25, -0.2) is 8.42 Å².